The lowest BCUT2D eigenvalue weighted by Gasteiger charge is -2.23. The SMILES string of the molecule is Cl.O=c1[nH]c(NCc2ccc(Cl)c(Cl)c2)nc2ncn(CCCCCC3CNCCO3)c12. The van der Waals surface area contributed by atoms with Crippen LogP contribution in [0.15, 0.2) is 29.3 Å². The van der Waals surface area contributed by atoms with E-state index in [4.69, 9.17) is 27.9 Å². The van der Waals surface area contributed by atoms with Gasteiger partial charge >= 0.3 is 0 Å². The van der Waals surface area contributed by atoms with Crippen LogP contribution in [0.1, 0.15) is 31.2 Å². The molecule has 1 aromatic carbocycles. The third-order valence-corrected chi connectivity index (χ3v) is 6.10. The van der Waals surface area contributed by atoms with E-state index in [-0.39, 0.29) is 18.0 Å². The van der Waals surface area contributed by atoms with Crippen LogP contribution in [0, 0.1) is 0 Å². The molecule has 32 heavy (non-hydrogen) atoms. The van der Waals surface area contributed by atoms with Crippen molar-refractivity contribution in [1.29, 1.82) is 0 Å². The Bertz CT molecular complexity index is 1080. The van der Waals surface area contributed by atoms with Crippen molar-refractivity contribution in [3.05, 3.63) is 50.5 Å². The van der Waals surface area contributed by atoms with Crippen LogP contribution in [-0.2, 0) is 17.8 Å². The summed E-state index contributed by atoms with van der Waals surface area (Å²) < 4.78 is 7.60. The van der Waals surface area contributed by atoms with Crippen molar-refractivity contribution < 1.29 is 4.74 Å². The lowest BCUT2D eigenvalue weighted by molar-refractivity contribution is 0.0220. The molecule has 1 aliphatic heterocycles. The number of aromatic nitrogens is 4. The summed E-state index contributed by atoms with van der Waals surface area (Å²) in [4.78, 5) is 24.2. The van der Waals surface area contributed by atoms with E-state index in [0.29, 0.717) is 39.8 Å². The van der Waals surface area contributed by atoms with Crippen LogP contribution in [0.3, 0.4) is 0 Å². The number of nitrogens with one attached hydrogen (secondary N) is 3. The van der Waals surface area contributed by atoms with Crippen molar-refractivity contribution in [2.75, 3.05) is 25.0 Å². The molecule has 11 heteroatoms. The Morgan fingerprint density at radius 2 is 2.09 bits per heavy atom. The van der Waals surface area contributed by atoms with E-state index in [0.717, 1.165) is 57.5 Å². The number of anilines is 1. The van der Waals surface area contributed by atoms with Crippen LogP contribution in [0.4, 0.5) is 5.95 Å². The predicted molar refractivity (Wildman–Crippen MR) is 130 cm³/mol. The summed E-state index contributed by atoms with van der Waals surface area (Å²) in [6.07, 6.45) is 6.23. The highest BCUT2D eigenvalue weighted by atomic mass is 35.5. The maximum atomic E-state index is 12.6. The Labute approximate surface area is 202 Å². The van der Waals surface area contributed by atoms with Gasteiger partial charge in [-0.15, -0.1) is 12.4 Å². The summed E-state index contributed by atoms with van der Waals surface area (Å²) in [5, 5.41) is 7.45. The molecule has 2 aromatic heterocycles. The first-order valence-corrected chi connectivity index (χ1v) is 11.3. The van der Waals surface area contributed by atoms with Gasteiger partial charge in [-0.3, -0.25) is 9.78 Å². The molecule has 3 N–H and O–H groups in total. The van der Waals surface area contributed by atoms with Gasteiger partial charge in [0.2, 0.25) is 5.95 Å². The van der Waals surface area contributed by atoms with Gasteiger partial charge in [-0.05, 0) is 30.5 Å². The fourth-order valence-corrected chi connectivity index (χ4v) is 4.03. The molecule has 174 valence electrons. The van der Waals surface area contributed by atoms with Crippen LogP contribution in [0.2, 0.25) is 10.0 Å². The van der Waals surface area contributed by atoms with Gasteiger partial charge in [-0.1, -0.05) is 42.1 Å². The summed E-state index contributed by atoms with van der Waals surface area (Å²) in [6, 6.07) is 5.38. The second-order valence-electron chi connectivity index (χ2n) is 7.67. The van der Waals surface area contributed by atoms with Crippen LogP contribution in [0.25, 0.3) is 11.2 Å². The van der Waals surface area contributed by atoms with E-state index in [1.807, 2.05) is 10.6 Å². The standard InChI is InChI=1S/C21H26Cl2N6O2.ClH/c22-16-6-5-14(10-17(16)23)11-25-21-27-19-18(20(30)28-21)29(13-26-19)8-3-1-2-4-15-12-24-7-9-31-15;/h5-6,10,13,15,24H,1-4,7-9,11-12H2,(H2,25,27,28,30);1H. The number of imidazole rings is 1. The molecule has 3 aromatic rings. The molecule has 0 bridgehead atoms. The second-order valence-corrected chi connectivity index (χ2v) is 8.49. The normalized spacial score (nSPS) is 16.1. The fourth-order valence-electron chi connectivity index (χ4n) is 3.71. The average Bonchev–Trinajstić information content (AvgIpc) is 3.18. The number of hydrogen-bond donors (Lipinski definition) is 3. The summed E-state index contributed by atoms with van der Waals surface area (Å²) in [6.45, 7) is 3.87. The van der Waals surface area contributed by atoms with Gasteiger partial charge < -0.3 is 19.9 Å². The Kier molecular flexibility index (Phi) is 9.19. The third-order valence-electron chi connectivity index (χ3n) is 5.36. The average molecular weight is 502 g/mol. The van der Waals surface area contributed by atoms with E-state index in [9.17, 15) is 4.79 Å². The van der Waals surface area contributed by atoms with Crippen molar-refractivity contribution in [3.8, 4) is 0 Å². The number of H-pyrrole nitrogens is 1. The fraction of sp³-hybridized carbons (Fsp3) is 0.476. The highest BCUT2D eigenvalue weighted by Gasteiger charge is 2.13. The quantitative estimate of drug-likeness (QED) is 0.383. The summed E-state index contributed by atoms with van der Waals surface area (Å²) in [7, 11) is 0. The van der Waals surface area contributed by atoms with Crippen molar-refractivity contribution >= 4 is 52.7 Å². The Balaban J connectivity index is 0.00000289. The van der Waals surface area contributed by atoms with Crippen LogP contribution >= 0.6 is 35.6 Å². The molecule has 0 amide bonds. The minimum absolute atomic E-state index is 0. The predicted octanol–water partition coefficient (Wildman–Crippen LogP) is 4.01. The van der Waals surface area contributed by atoms with E-state index < -0.39 is 0 Å². The first kappa shape index (κ1) is 24.8. The Morgan fingerprint density at radius 3 is 2.88 bits per heavy atom. The number of nitrogens with zero attached hydrogens (tertiary/aromatic N) is 3. The number of rotatable bonds is 9. The highest BCUT2D eigenvalue weighted by molar-refractivity contribution is 6.42. The van der Waals surface area contributed by atoms with Crippen molar-refractivity contribution in [3.63, 3.8) is 0 Å². The molecule has 1 unspecified atom stereocenters. The second kappa shape index (κ2) is 11.9. The molecule has 0 saturated carbocycles. The number of halogens is 3. The van der Waals surface area contributed by atoms with E-state index in [1.165, 1.54) is 0 Å². The molecular weight excluding hydrogens is 475 g/mol. The molecule has 4 rings (SSSR count). The molecule has 1 saturated heterocycles. The topological polar surface area (TPSA) is 96.9 Å². The van der Waals surface area contributed by atoms with E-state index >= 15 is 0 Å². The maximum Gasteiger partial charge on any atom is 0.278 e. The number of benzene rings is 1. The number of ether oxygens (including phenoxy) is 1. The minimum Gasteiger partial charge on any atom is -0.376 e. The monoisotopic (exact) mass is 500 g/mol. The van der Waals surface area contributed by atoms with Crippen LogP contribution < -0.4 is 16.2 Å². The van der Waals surface area contributed by atoms with Gasteiger partial charge in [0.25, 0.3) is 5.56 Å². The number of aromatic amines is 1. The van der Waals surface area contributed by atoms with E-state index in [2.05, 4.69) is 25.6 Å². The molecular formula is C21H27Cl3N6O2. The minimum atomic E-state index is -0.208. The van der Waals surface area contributed by atoms with Gasteiger partial charge in [-0.2, -0.15) is 4.98 Å². The smallest absolute Gasteiger partial charge is 0.278 e. The summed E-state index contributed by atoms with van der Waals surface area (Å²) >= 11 is 12.0. The van der Waals surface area contributed by atoms with Gasteiger partial charge in [0.05, 0.1) is 29.1 Å². The highest BCUT2D eigenvalue weighted by Crippen LogP contribution is 2.23. The lowest BCUT2D eigenvalue weighted by Crippen LogP contribution is -2.38. The number of morpholine rings is 1. The number of hydrogen-bond acceptors (Lipinski definition) is 6. The molecule has 1 fully saturated rings. The molecule has 1 aliphatic rings. The largest absolute Gasteiger partial charge is 0.376 e. The zero-order valence-corrected chi connectivity index (χ0v) is 19.9. The molecule has 8 nitrogen and oxygen atoms in total. The molecule has 1 atom stereocenters. The summed E-state index contributed by atoms with van der Waals surface area (Å²) in [5.74, 6) is 0.370. The van der Waals surface area contributed by atoms with Crippen molar-refractivity contribution in [1.82, 2.24) is 24.8 Å². The maximum absolute atomic E-state index is 12.6. The zero-order chi connectivity index (χ0) is 21.6. The number of aryl methyl sites for hydroxylation is 1. The summed E-state index contributed by atoms with van der Waals surface area (Å²) in [5.41, 5.74) is 1.65. The Morgan fingerprint density at radius 1 is 1.22 bits per heavy atom. The Hall–Kier alpha value is -1.84. The van der Waals surface area contributed by atoms with Gasteiger partial charge in [0.1, 0.15) is 0 Å². The van der Waals surface area contributed by atoms with Crippen LogP contribution in [-0.4, -0.2) is 45.3 Å². The first-order chi connectivity index (χ1) is 15.1. The van der Waals surface area contributed by atoms with Crippen molar-refractivity contribution in [2.24, 2.45) is 0 Å². The molecule has 0 radical (unpaired) electrons. The zero-order valence-electron chi connectivity index (χ0n) is 17.6. The van der Waals surface area contributed by atoms with E-state index in [1.54, 1.807) is 18.5 Å². The molecule has 0 aliphatic carbocycles. The number of fused-ring (bicyclic) bond motifs is 1. The van der Waals surface area contributed by atoms with Crippen molar-refractivity contribution in [2.45, 2.75) is 44.9 Å². The third kappa shape index (κ3) is 6.36. The first-order valence-electron chi connectivity index (χ1n) is 10.6. The van der Waals surface area contributed by atoms with Gasteiger partial charge in [0.15, 0.2) is 11.2 Å². The van der Waals surface area contributed by atoms with Gasteiger partial charge in [0, 0.05) is 26.2 Å². The van der Waals surface area contributed by atoms with Crippen LogP contribution in [0.5, 0.6) is 0 Å². The van der Waals surface area contributed by atoms with Gasteiger partial charge in [-0.25, -0.2) is 4.98 Å². The number of unbranched alkanes of at least 4 members (excludes halogenated alkanes) is 2. The lowest BCUT2D eigenvalue weighted by atomic mass is 10.1. The molecule has 3 heterocycles. The molecule has 0 spiro atoms.